The van der Waals surface area contributed by atoms with Gasteiger partial charge in [0.2, 0.25) is 0 Å². The normalized spacial score (nSPS) is 11.2. The van der Waals surface area contributed by atoms with E-state index in [1.54, 1.807) is 0 Å². The van der Waals surface area contributed by atoms with Crippen LogP contribution >= 0.6 is 11.6 Å². The van der Waals surface area contributed by atoms with Crippen molar-refractivity contribution in [3.63, 3.8) is 0 Å². The molecule has 1 heterocycles. The predicted molar refractivity (Wildman–Crippen MR) is 84.6 cm³/mol. The van der Waals surface area contributed by atoms with Crippen molar-refractivity contribution in [1.29, 1.82) is 0 Å². The Kier molecular flexibility index (Phi) is 3.14. The standard InChI is InChI=1S/C16H16ClN3/c1-3-16-19-13-9-12(18)6-7-14(13)20(16)15-8-11(17)5-4-10(15)2/h4-9H,3,18H2,1-2H3. The second-order valence-electron chi connectivity index (χ2n) is 4.90. The third kappa shape index (κ3) is 2.04. The van der Waals surface area contributed by atoms with Crippen molar-refractivity contribution in [3.05, 3.63) is 52.8 Å². The molecule has 2 N–H and O–H groups in total. The van der Waals surface area contributed by atoms with Gasteiger partial charge in [0.25, 0.3) is 0 Å². The van der Waals surface area contributed by atoms with Crippen LogP contribution in [0.4, 0.5) is 5.69 Å². The van der Waals surface area contributed by atoms with Crippen molar-refractivity contribution < 1.29 is 0 Å². The fraction of sp³-hybridized carbons (Fsp3) is 0.188. The molecule has 0 unspecified atom stereocenters. The van der Waals surface area contributed by atoms with Crippen LogP contribution in [0.15, 0.2) is 36.4 Å². The molecule has 102 valence electrons. The molecule has 1 aromatic heterocycles. The van der Waals surface area contributed by atoms with Crippen molar-refractivity contribution in [2.24, 2.45) is 0 Å². The summed E-state index contributed by atoms with van der Waals surface area (Å²) >= 11 is 6.15. The van der Waals surface area contributed by atoms with Gasteiger partial charge < -0.3 is 5.73 Å². The molecule has 2 aromatic carbocycles. The maximum Gasteiger partial charge on any atom is 0.114 e. The number of fused-ring (bicyclic) bond motifs is 1. The molecular weight excluding hydrogens is 270 g/mol. The molecule has 0 spiro atoms. The molecule has 0 radical (unpaired) electrons. The van der Waals surface area contributed by atoms with Crippen LogP contribution in [0, 0.1) is 6.92 Å². The van der Waals surface area contributed by atoms with Gasteiger partial charge in [0.1, 0.15) is 5.82 Å². The molecular formula is C16H16ClN3. The van der Waals surface area contributed by atoms with Gasteiger partial charge in [0.15, 0.2) is 0 Å². The average molecular weight is 286 g/mol. The second-order valence-corrected chi connectivity index (χ2v) is 5.33. The second kappa shape index (κ2) is 4.84. The molecule has 0 aliphatic heterocycles. The Bertz CT molecular complexity index is 790. The van der Waals surface area contributed by atoms with Crippen LogP contribution in [-0.4, -0.2) is 9.55 Å². The fourth-order valence-electron chi connectivity index (χ4n) is 2.48. The van der Waals surface area contributed by atoms with E-state index < -0.39 is 0 Å². The van der Waals surface area contributed by atoms with Crippen molar-refractivity contribution >= 4 is 28.3 Å². The van der Waals surface area contributed by atoms with Crippen LogP contribution in [0.25, 0.3) is 16.7 Å². The quantitative estimate of drug-likeness (QED) is 0.720. The summed E-state index contributed by atoms with van der Waals surface area (Å²) in [5.74, 6) is 1.01. The third-order valence-corrected chi connectivity index (χ3v) is 3.71. The molecule has 3 rings (SSSR count). The van der Waals surface area contributed by atoms with Crippen LogP contribution in [-0.2, 0) is 6.42 Å². The van der Waals surface area contributed by atoms with E-state index in [1.807, 2.05) is 36.4 Å². The number of halogens is 1. The fourth-order valence-corrected chi connectivity index (χ4v) is 2.64. The third-order valence-electron chi connectivity index (χ3n) is 3.48. The summed E-state index contributed by atoms with van der Waals surface area (Å²) in [5, 5.41) is 0.727. The molecule has 0 saturated carbocycles. The lowest BCUT2D eigenvalue weighted by molar-refractivity contribution is 0.903. The summed E-state index contributed by atoms with van der Waals surface area (Å²) in [6, 6.07) is 11.7. The molecule has 0 atom stereocenters. The van der Waals surface area contributed by atoms with Gasteiger partial charge in [-0.1, -0.05) is 24.6 Å². The predicted octanol–water partition coefficient (Wildman–Crippen LogP) is 4.13. The van der Waals surface area contributed by atoms with Crippen molar-refractivity contribution in [2.45, 2.75) is 20.3 Å². The van der Waals surface area contributed by atoms with Crippen LogP contribution in [0.3, 0.4) is 0 Å². The van der Waals surface area contributed by atoms with Gasteiger partial charge in [-0.2, -0.15) is 0 Å². The molecule has 3 nitrogen and oxygen atoms in total. The van der Waals surface area contributed by atoms with Gasteiger partial charge in [0, 0.05) is 17.1 Å². The molecule has 4 heteroatoms. The molecule has 20 heavy (non-hydrogen) atoms. The zero-order valence-electron chi connectivity index (χ0n) is 11.5. The number of nitrogen functional groups attached to an aromatic ring is 1. The summed E-state index contributed by atoms with van der Waals surface area (Å²) in [4.78, 5) is 4.68. The van der Waals surface area contributed by atoms with E-state index in [4.69, 9.17) is 17.3 Å². The van der Waals surface area contributed by atoms with Crippen molar-refractivity contribution in [1.82, 2.24) is 9.55 Å². The summed E-state index contributed by atoms with van der Waals surface area (Å²) in [7, 11) is 0. The maximum atomic E-state index is 6.15. The van der Waals surface area contributed by atoms with E-state index >= 15 is 0 Å². The summed E-state index contributed by atoms with van der Waals surface area (Å²) < 4.78 is 2.16. The maximum absolute atomic E-state index is 6.15. The SMILES string of the molecule is CCc1nc2cc(N)ccc2n1-c1cc(Cl)ccc1C. The van der Waals surface area contributed by atoms with Crippen LogP contribution < -0.4 is 5.73 Å². The van der Waals surface area contributed by atoms with Crippen LogP contribution in [0.2, 0.25) is 5.02 Å². The number of aryl methyl sites for hydroxylation is 2. The van der Waals surface area contributed by atoms with E-state index in [0.717, 1.165) is 39.7 Å². The lowest BCUT2D eigenvalue weighted by Gasteiger charge is -2.12. The first-order chi connectivity index (χ1) is 9.60. The molecule has 0 fully saturated rings. The Balaban J connectivity index is 2.37. The number of anilines is 1. The van der Waals surface area contributed by atoms with E-state index in [2.05, 4.69) is 23.4 Å². The highest BCUT2D eigenvalue weighted by Crippen LogP contribution is 2.27. The molecule has 0 bridgehead atoms. The minimum Gasteiger partial charge on any atom is -0.399 e. The number of imidazole rings is 1. The summed E-state index contributed by atoms with van der Waals surface area (Å²) in [5.41, 5.74) is 10.8. The Hall–Kier alpha value is -2.00. The highest BCUT2D eigenvalue weighted by molar-refractivity contribution is 6.30. The van der Waals surface area contributed by atoms with E-state index in [0.29, 0.717) is 0 Å². The molecule has 0 aliphatic rings. The Morgan fingerprint density at radius 2 is 2.00 bits per heavy atom. The minimum atomic E-state index is 0.727. The number of rotatable bonds is 2. The van der Waals surface area contributed by atoms with E-state index in [1.165, 1.54) is 5.56 Å². The number of hydrogen-bond acceptors (Lipinski definition) is 2. The first-order valence-corrected chi connectivity index (χ1v) is 7.01. The lowest BCUT2D eigenvalue weighted by atomic mass is 10.2. The van der Waals surface area contributed by atoms with Gasteiger partial charge in [-0.25, -0.2) is 4.98 Å². The van der Waals surface area contributed by atoms with Gasteiger partial charge in [-0.05, 0) is 42.8 Å². The summed E-state index contributed by atoms with van der Waals surface area (Å²) in [6.45, 7) is 4.18. The first kappa shape index (κ1) is 13.0. The molecule has 3 aromatic rings. The highest BCUT2D eigenvalue weighted by Gasteiger charge is 2.13. The summed E-state index contributed by atoms with van der Waals surface area (Å²) in [6.07, 6.45) is 0.848. The Morgan fingerprint density at radius 1 is 1.20 bits per heavy atom. The Labute approximate surface area is 123 Å². The van der Waals surface area contributed by atoms with Crippen LogP contribution in [0.1, 0.15) is 18.3 Å². The van der Waals surface area contributed by atoms with E-state index in [9.17, 15) is 0 Å². The number of hydrogen-bond donors (Lipinski definition) is 1. The minimum absolute atomic E-state index is 0.727. The van der Waals surface area contributed by atoms with Gasteiger partial charge in [-0.15, -0.1) is 0 Å². The lowest BCUT2D eigenvalue weighted by Crippen LogP contribution is -2.02. The highest BCUT2D eigenvalue weighted by atomic mass is 35.5. The monoisotopic (exact) mass is 285 g/mol. The largest absolute Gasteiger partial charge is 0.399 e. The van der Waals surface area contributed by atoms with Gasteiger partial charge in [-0.3, -0.25) is 4.57 Å². The number of benzene rings is 2. The average Bonchev–Trinajstić information content (AvgIpc) is 2.78. The zero-order chi connectivity index (χ0) is 14.3. The molecule has 0 aliphatic carbocycles. The van der Waals surface area contributed by atoms with Crippen molar-refractivity contribution in [2.75, 3.05) is 5.73 Å². The Morgan fingerprint density at radius 3 is 2.75 bits per heavy atom. The van der Waals surface area contributed by atoms with Gasteiger partial charge in [0.05, 0.1) is 16.7 Å². The zero-order valence-corrected chi connectivity index (χ0v) is 12.3. The molecule has 0 amide bonds. The van der Waals surface area contributed by atoms with Crippen LogP contribution in [0.5, 0.6) is 0 Å². The smallest absolute Gasteiger partial charge is 0.114 e. The number of aromatic nitrogens is 2. The first-order valence-electron chi connectivity index (χ1n) is 6.63. The van der Waals surface area contributed by atoms with Crippen molar-refractivity contribution in [3.8, 4) is 5.69 Å². The number of nitrogens with zero attached hydrogens (tertiary/aromatic N) is 2. The van der Waals surface area contributed by atoms with E-state index in [-0.39, 0.29) is 0 Å². The molecule has 0 saturated heterocycles. The number of nitrogens with two attached hydrogens (primary N) is 1. The topological polar surface area (TPSA) is 43.8 Å². The van der Waals surface area contributed by atoms with Gasteiger partial charge >= 0.3 is 0 Å².